The zero-order chi connectivity index (χ0) is 20.1. The largest absolute Gasteiger partial charge is 0.457 e. The van der Waals surface area contributed by atoms with Gasteiger partial charge in [-0.25, -0.2) is 4.79 Å². The van der Waals surface area contributed by atoms with Gasteiger partial charge >= 0.3 is 5.97 Å². The highest BCUT2D eigenvalue weighted by Crippen LogP contribution is 2.34. The first-order valence-corrected chi connectivity index (χ1v) is 10.8. The molecule has 1 fully saturated rings. The van der Waals surface area contributed by atoms with E-state index >= 15 is 0 Å². The summed E-state index contributed by atoms with van der Waals surface area (Å²) >= 11 is 15.6. The van der Waals surface area contributed by atoms with Crippen LogP contribution in [0.3, 0.4) is 0 Å². The van der Waals surface area contributed by atoms with E-state index < -0.39 is 12.1 Å². The Balaban J connectivity index is 1.84. The number of carbonyl (C=O) groups is 2. The van der Waals surface area contributed by atoms with Crippen molar-refractivity contribution in [3.63, 3.8) is 0 Å². The van der Waals surface area contributed by atoms with E-state index in [1.54, 1.807) is 29.2 Å². The molecule has 0 bridgehead atoms. The smallest absolute Gasteiger partial charge is 0.338 e. The molecule has 3 atom stereocenters. The molecule has 0 aliphatic heterocycles. The van der Waals surface area contributed by atoms with Crippen LogP contribution in [-0.4, -0.2) is 35.3 Å². The van der Waals surface area contributed by atoms with Crippen molar-refractivity contribution >= 4 is 56.7 Å². The summed E-state index contributed by atoms with van der Waals surface area (Å²) in [6, 6.07) is 16.0. The second kappa shape index (κ2) is 9.77. The minimum atomic E-state index is -0.488. The minimum absolute atomic E-state index is 0.110. The van der Waals surface area contributed by atoms with Crippen molar-refractivity contribution in [3.8, 4) is 0 Å². The molecule has 0 N–H and O–H groups in total. The Morgan fingerprint density at radius 2 is 1.75 bits per heavy atom. The van der Waals surface area contributed by atoms with Crippen molar-refractivity contribution in [2.75, 3.05) is 10.8 Å². The summed E-state index contributed by atoms with van der Waals surface area (Å²) in [5.41, 5.74) is 1.20. The molecule has 0 radical (unpaired) electrons. The lowest BCUT2D eigenvalue weighted by Crippen LogP contribution is -2.46. The van der Waals surface area contributed by atoms with E-state index in [0.717, 1.165) is 10.2 Å². The molecule has 148 valence electrons. The minimum Gasteiger partial charge on any atom is -0.457 e. The van der Waals surface area contributed by atoms with Gasteiger partial charge in [0.15, 0.2) is 0 Å². The van der Waals surface area contributed by atoms with Crippen molar-refractivity contribution in [2.45, 2.75) is 36.8 Å². The normalized spacial score (nSPS) is 21.3. The highest BCUT2D eigenvalue weighted by Gasteiger charge is 2.42. The van der Waals surface area contributed by atoms with Gasteiger partial charge in [0.2, 0.25) is 5.91 Å². The second-order valence-electron chi connectivity index (χ2n) is 6.62. The number of alkyl halides is 2. The zero-order valence-corrected chi connectivity index (χ0v) is 18.2. The van der Waals surface area contributed by atoms with Crippen molar-refractivity contribution in [1.82, 2.24) is 0 Å². The summed E-state index contributed by atoms with van der Waals surface area (Å²) in [5, 5.41) is -0.178. The number of para-hydroxylation sites is 1. The van der Waals surface area contributed by atoms with E-state index in [2.05, 4.69) is 15.9 Å². The topological polar surface area (TPSA) is 46.6 Å². The third kappa shape index (κ3) is 5.07. The average molecular weight is 485 g/mol. The van der Waals surface area contributed by atoms with Crippen LogP contribution in [0.15, 0.2) is 59.1 Å². The van der Waals surface area contributed by atoms with Crippen molar-refractivity contribution < 1.29 is 14.3 Å². The number of rotatable bonds is 6. The first-order valence-electron chi connectivity index (χ1n) is 9.03. The van der Waals surface area contributed by atoms with Gasteiger partial charge in [0, 0.05) is 34.3 Å². The molecule has 1 aliphatic carbocycles. The van der Waals surface area contributed by atoms with Crippen LogP contribution in [0.2, 0.25) is 0 Å². The van der Waals surface area contributed by atoms with Gasteiger partial charge in [-0.1, -0.05) is 34.1 Å². The van der Waals surface area contributed by atoms with Gasteiger partial charge in [-0.05, 0) is 42.8 Å². The van der Waals surface area contributed by atoms with Crippen LogP contribution in [0.25, 0.3) is 0 Å². The number of hydrogen-bond acceptors (Lipinski definition) is 3. The van der Waals surface area contributed by atoms with Crippen molar-refractivity contribution in [1.29, 1.82) is 0 Å². The number of anilines is 1. The predicted molar refractivity (Wildman–Crippen MR) is 115 cm³/mol. The van der Waals surface area contributed by atoms with E-state index in [-0.39, 0.29) is 29.6 Å². The van der Waals surface area contributed by atoms with E-state index in [9.17, 15) is 9.59 Å². The maximum absolute atomic E-state index is 12.8. The third-order valence-corrected chi connectivity index (χ3v) is 5.77. The van der Waals surface area contributed by atoms with Gasteiger partial charge < -0.3 is 9.64 Å². The Hall–Kier alpha value is -1.56. The molecule has 4 nitrogen and oxygen atoms in total. The summed E-state index contributed by atoms with van der Waals surface area (Å²) in [6.07, 6.45) is 0.750. The van der Waals surface area contributed by atoms with Gasteiger partial charge in [-0.2, -0.15) is 0 Å². The van der Waals surface area contributed by atoms with Crippen LogP contribution in [-0.2, 0) is 9.53 Å². The number of hydrogen-bond donors (Lipinski definition) is 0. The van der Waals surface area contributed by atoms with Crippen LogP contribution in [0, 0.1) is 0 Å². The summed E-state index contributed by atoms with van der Waals surface area (Å²) in [4.78, 5) is 27.1. The quantitative estimate of drug-likeness (QED) is 0.407. The molecular weight excluding hydrogens is 465 g/mol. The number of ether oxygens (including phenoxy) is 1. The molecule has 7 heteroatoms. The molecule has 2 aromatic carbocycles. The Morgan fingerprint density at radius 1 is 1.07 bits per heavy atom. The fourth-order valence-electron chi connectivity index (χ4n) is 3.42. The molecule has 0 heterocycles. The molecule has 0 spiro atoms. The Kier molecular flexibility index (Phi) is 7.38. The molecular formula is C21H20BrCl2NO3. The lowest BCUT2D eigenvalue weighted by molar-refractivity contribution is -0.119. The summed E-state index contributed by atoms with van der Waals surface area (Å²) in [5.74, 6) is -0.310. The highest BCUT2D eigenvalue weighted by molar-refractivity contribution is 9.10. The number of nitrogens with zero attached hydrogens (tertiary/aromatic N) is 1. The van der Waals surface area contributed by atoms with Crippen molar-refractivity contribution in [2.24, 2.45) is 0 Å². The fourth-order valence-corrected chi connectivity index (χ4v) is 4.20. The van der Waals surface area contributed by atoms with Crippen molar-refractivity contribution in [3.05, 3.63) is 64.6 Å². The SMILES string of the molecule is O=C(OC1CC(Cl)CC1N(C(=O)CCCl)c1ccccc1)c1ccc(Br)cc1. The van der Waals surface area contributed by atoms with E-state index in [4.69, 9.17) is 27.9 Å². The van der Waals surface area contributed by atoms with Gasteiger partial charge in [0.25, 0.3) is 0 Å². The summed E-state index contributed by atoms with van der Waals surface area (Å²) in [7, 11) is 0. The van der Waals surface area contributed by atoms with Gasteiger partial charge in [0.05, 0.1) is 11.6 Å². The molecule has 2 aromatic rings. The Morgan fingerprint density at radius 3 is 2.39 bits per heavy atom. The summed E-state index contributed by atoms with van der Waals surface area (Å²) in [6.45, 7) is 0. The fraction of sp³-hybridized carbons (Fsp3) is 0.333. The number of halogens is 3. The average Bonchev–Trinajstić information content (AvgIpc) is 3.03. The molecule has 1 aliphatic rings. The molecule has 0 saturated heterocycles. The maximum atomic E-state index is 12.8. The first kappa shape index (κ1) is 21.2. The lowest BCUT2D eigenvalue weighted by atomic mass is 10.1. The molecule has 1 saturated carbocycles. The number of amides is 1. The molecule has 28 heavy (non-hydrogen) atoms. The standard InChI is InChI=1S/C21H20BrCl2NO3/c22-15-8-6-14(7-9-15)21(27)28-19-13-16(24)12-18(19)25(20(26)10-11-23)17-4-2-1-3-5-17/h1-9,16,18-19H,10-13H2. The van der Waals surface area contributed by atoms with E-state index in [1.165, 1.54) is 0 Å². The zero-order valence-electron chi connectivity index (χ0n) is 15.1. The maximum Gasteiger partial charge on any atom is 0.338 e. The predicted octanol–water partition coefficient (Wildman–Crippen LogP) is 5.41. The second-order valence-corrected chi connectivity index (χ2v) is 8.54. The Bertz CT molecular complexity index is 816. The number of esters is 1. The molecule has 1 amide bonds. The van der Waals surface area contributed by atoms with Crippen LogP contribution in [0.1, 0.15) is 29.6 Å². The van der Waals surface area contributed by atoms with Crippen LogP contribution in [0.5, 0.6) is 0 Å². The van der Waals surface area contributed by atoms with Gasteiger partial charge in [0.1, 0.15) is 6.10 Å². The van der Waals surface area contributed by atoms with E-state index in [0.29, 0.717) is 18.4 Å². The van der Waals surface area contributed by atoms with Gasteiger partial charge in [-0.15, -0.1) is 23.2 Å². The Labute approximate surface area is 182 Å². The monoisotopic (exact) mass is 483 g/mol. The van der Waals surface area contributed by atoms with Crippen LogP contribution >= 0.6 is 39.1 Å². The molecule has 3 rings (SSSR count). The number of benzene rings is 2. The number of carbonyl (C=O) groups excluding carboxylic acids is 2. The molecule has 0 aromatic heterocycles. The first-order chi connectivity index (χ1) is 13.5. The van der Waals surface area contributed by atoms with Crippen LogP contribution in [0.4, 0.5) is 5.69 Å². The third-order valence-electron chi connectivity index (χ3n) is 4.70. The molecule has 3 unspecified atom stereocenters. The lowest BCUT2D eigenvalue weighted by Gasteiger charge is -2.33. The van der Waals surface area contributed by atoms with Crippen LogP contribution < -0.4 is 4.90 Å². The summed E-state index contributed by atoms with van der Waals surface area (Å²) < 4.78 is 6.67. The van der Waals surface area contributed by atoms with E-state index in [1.807, 2.05) is 30.3 Å². The highest BCUT2D eigenvalue weighted by atomic mass is 79.9. The van der Waals surface area contributed by atoms with Gasteiger partial charge in [-0.3, -0.25) is 4.79 Å².